The van der Waals surface area contributed by atoms with E-state index in [1.807, 2.05) is 35.7 Å². The predicted molar refractivity (Wildman–Crippen MR) is 86.6 cm³/mol. The molecule has 23 heavy (non-hydrogen) atoms. The highest BCUT2D eigenvalue weighted by Gasteiger charge is 2.34. The van der Waals surface area contributed by atoms with Crippen LogP contribution in [0.4, 0.5) is 18.3 Å². The number of likely N-dealkylation sites (tertiary alicyclic amines) is 1. The highest BCUT2D eigenvalue weighted by atomic mass is 32.1. The number of nitrogens with zero attached hydrogens (tertiary/aromatic N) is 2. The van der Waals surface area contributed by atoms with E-state index < -0.39 is 12.7 Å². The molecule has 0 aliphatic carbocycles. The van der Waals surface area contributed by atoms with Crippen molar-refractivity contribution in [3.8, 4) is 11.3 Å². The Morgan fingerprint density at radius 2 is 2.04 bits per heavy atom. The van der Waals surface area contributed by atoms with Gasteiger partial charge in [-0.2, -0.15) is 13.2 Å². The summed E-state index contributed by atoms with van der Waals surface area (Å²) in [7, 11) is 0. The van der Waals surface area contributed by atoms with Gasteiger partial charge < -0.3 is 5.32 Å². The third-order valence-electron chi connectivity index (χ3n) is 3.89. The summed E-state index contributed by atoms with van der Waals surface area (Å²) >= 11 is 1.52. The van der Waals surface area contributed by atoms with Gasteiger partial charge in [0.25, 0.3) is 0 Å². The van der Waals surface area contributed by atoms with Crippen molar-refractivity contribution in [1.29, 1.82) is 0 Å². The Morgan fingerprint density at radius 1 is 1.26 bits per heavy atom. The largest absolute Gasteiger partial charge is 0.401 e. The fraction of sp³-hybridized carbons (Fsp3) is 0.438. The molecule has 124 valence electrons. The number of nitrogens with one attached hydrogen (secondary N) is 1. The average Bonchev–Trinajstić information content (AvgIpc) is 3.13. The second-order valence-corrected chi connectivity index (χ2v) is 6.65. The molecule has 0 amide bonds. The quantitative estimate of drug-likeness (QED) is 0.887. The monoisotopic (exact) mass is 341 g/mol. The van der Waals surface area contributed by atoms with Crippen LogP contribution in [-0.2, 0) is 0 Å². The van der Waals surface area contributed by atoms with Crippen molar-refractivity contribution in [3.05, 3.63) is 35.7 Å². The highest BCUT2D eigenvalue weighted by molar-refractivity contribution is 7.14. The van der Waals surface area contributed by atoms with Crippen LogP contribution in [0.15, 0.2) is 35.7 Å². The van der Waals surface area contributed by atoms with Crippen LogP contribution < -0.4 is 5.32 Å². The summed E-state index contributed by atoms with van der Waals surface area (Å²) in [6.07, 6.45) is -3.32. The van der Waals surface area contributed by atoms with E-state index in [0.717, 1.165) is 22.8 Å². The smallest absolute Gasteiger partial charge is 0.361 e. The number of aromatic nitrogens is 1. The minimum Gasteiger partial charge on any atom is -0.361 e. The van der Waals surface area contributed by atoms with Crippen LogP contribution in [0.3, 0.4) is 0 Å². The number of anilines is 1. The summed E-state index contributed by atoms with van der Waals surface area (Å²) in [5.74, 6) is 0.237. The first kappa shape index (κ1) is 16.3. The summed E-state index contributed by atoms with van der Waals surface area (Å²) in [4.78, 5) is 6.01. The molecule has 1 N–H and O–H groups in total. The summed E-state index contributed by atoms with van der Waals surface area (Å²) in [5.41, 5.74) is 1.98. The maximum Gasteiger partial charge on any atom is 0.401 e. The molecule has 2 aromatic rings. The fourth-order valence-corrected chi connectivity index (χ4v) is 3.53. The van der Waals surface area contributed by atoms with E-state index in [4.69, 9.17) is 0 Å². The van der Waals surface area contributed by atoms with Gasteiger partial charge in [0, 0.05) is 24.0 Å². The van der Waals surface area contributed by atoms with Gasteiger partial charge in [-0.1, -0.05) is 30.3 Å². The molecule has 2 heterocycles. The summed E-state index contributed by atoms with van der Waals surface area (Å²) in [5, 5.41) is 6.07. The molecule has 0 bridgehead atoms. The number of hydrogen-bond acceptors (Lipinski definition) is 4. The van der Waals surface area contributed by atoms with Crippen LogP contribution in [-0.4, -0.2) is 42.2 Å². The zero-order chi connectivity index (χ0) is 16.3. The Labute approximate surface area is 137 Å². The summed E-state index contributed by atoms with van der Waals surface area (Å²) in [6.45, 7) is 0.859. The average molecular weight is 341 g/mol. The molecule has 1 aliphatic rings. The summed E-state index contributed by atoms with van der Waals surface area (Å²) in [6, 6.07) is 9.91. The number of thiazole rings is 1. The first-order valence-electron chi connectivity index (χ1n) is 7.53. The Bertz CT molecular complexity index is 627. The van der Waals surface area contributed by atoms with E-state index in [0.29, 0.717) is 19.6 Å². The normalized spacial score (nSPS) is 19.2. The van der Waals surface area contributed by atoms with Crippen molar-refractivity contribution in [1.82, 2.24) is 9.88 Å². The molecule has 3 nitrogen and oxygen atoms in total. The van der Waals surface area contributed by atoms with Crippen molar-refractivity contribution in [2.75, 3.05) is 31.5 Å². The number of rotatable bonds is 5. The maximum atomic E-state index is 12.4. The lowest BCUT2D eigenvalue weighted by Crippen LogP contribution is -2.33. The van der Waals surface area contributed by atoms with Gasteiger partial charge in [-0.15, -0.1) is 11.3 Å². The Kier molecular flexibility index (Phi) is 4.87. The van der Waals surface area contributed by atoms with Gasteiger partial charge in [-0.25, -0.2) is 4.98 Å². The number of benzene rings is 1. The van der Waals surface area contributed by atoms with Crippen molar-refractivity contribution >= 4 is 16.5 Å². The van der Waals surface area contributed by atoms with Gasteiger partial charge in [0.15, 0.2) is 5.13 Å². The lowest BCUT2D eigenvalue weighted by atomic mass is 10.1. The molecule has 1 aromatic carbocycles. The van der Waals surface area contributed by atoms with Gasteiger partial charge in [0.05, 0.1) is 12.2 Å². The van der Waals surface area contributed by atoms with Crippen molar-refractivity contribution < 1.29 is 13.2 Å². The topological polar surface area (TPSA) is 28.2 Å². The van der Waals surface area contributed by atoms with Crippen LogP contribution in [0.5, 0.6) is 0 Å². The van der Waals surface area contributed by atoms with Crippen LogP contribution in [0.1, 0.15) is 6.42 Å². The number of hydrogen-bond donors (Lipinski definition) is 1. The lowest BCUT2D eigenvalue weighted by molar-refractivity contribution is -0.143. The first-order valence-corrected chi connectivity index (χ1v) is 8.41. The van der Waals surface area contributed by atoms with E-state index in [2.05, 4.69) is 10.3 Å². The number of halogens is 3. The standard InChI is InChI=1S/C16H18F3N3S/c17-16(18,19)11-22-7-6-12(9-22)8-20-15-21-14(10-23-15)13-4-2-1-3-5-13/h1-5,10,12H,6-9,11H2,(H,20,21). The first-order chi connectivity index (χ1) is 11.0. The van der Waals surface area contributed by atoms with E-state index in [9.17, 15) is 13.2 Å². The van der Waals surface area contributed by atoms with Crippen molar-refractivity contribution in [2.24, 2.45) is 5.92 Å². The molecule has 3 rings (SSSR count). The molecular formula is C16H18F3N3S. The second-order valence-electron chi connectivity index (χ2n) is 5.79. The molecule has 0 saturated carbocycles. The van der Waals surface area contributed by atoms with Gasteiger partial charge in [-0.05, 0) is 18.9 Å². The van der Waals surface area contributed by atoms with Gasteiger partial charge in [0.2, 0.25) is 0 Å². The SMILES string of the molecule is FC(F)(F)CN1CCC(CNc2nc(-c3ccccc3)cs2)C1. The fourth-order valence-electron chi connectivity index (χ4n) is 2.80. The molecule has 0 spiro atoms. The summed E-state index contributed by atoms with van der Waals surface area (Å²) < 4.78 is 37.2. The van der Waals surface area contributed by atoms with Crippen molar-refractivity contribution in [3.63, 3.8) is 0 Å². The Balaban J connectivity index is 1.49. The third kappa shape index (κ3) is 4.68. The van der Waals surface area contributed by atoms with Crippen LogP contribution in [0, 0.1) is 5.92 Å². The van der Waals surface area contributed by atoms with E-state index >= 15 is 0 Å². The van der Waals surface area contributed by atoms with E-state index in [1.165, 1.54) is 16.2 Å². The molecule has 1 aromatic heterocycles. The molecule has 1 atom stereocenters. The van der Waals surface area contributed by atoms with E-state index in [-0.39, 0.29) is 5.92 Å². The molecule has 1 aliphatic heterocycles. The molecule has 1 saturated heterocycles. The molecule has 1 fully saturated rings. The van der Waals surface area contributed by atoms with Gasteiger partial charge >= 0.3 is 6.18 Å². The maximum absolute atomic E-state index is 12.4. The van der Waals surface area contributed by atoms with Crippen LogP contribution in [0.2, 0.25) is 0 Å². The van der Waals surface area contributed by atoms with Gasteiger partial charge in [0.1, 0.15) is 0 Å². The van der Waals surface area contributed by atoms with Crippen LogP contribution >= 0.6 is 11.3 Å². The second kappa shape index (κ2) is 6.88. The Morgan fingerprint density at radius 3 is 2.78 bits per heavy atom. The molecule has 1 unspecified atom stereocenters. The highest BCUT2D eigenvalue weighted by Crippen LogP contribution is 2.26. The third-order valence-corrected chi connectivity index (χ3v) is 4.69. The van der Waals surface area contributed by atoms with E-state index in [1.54, 1.807) is 0 Å². The van der Waals surface area contributed by atoms with Gasteiger partial charge in [-0.3, -0.25) is 4.90 Å². The molecule has 7 heteroatoms. The zero-order valence-corrected chi connectivity index (χ0v) is 13.3. The lowest BCUT2D eigenvalue weighted by Gasteiger charge is -2.17. The van der Waals surface area contributed by atoms with Crippen LogP contribution in [0.25, 0.3) is 11.3 Å². The molecular weight excluding hydrogens is 323 g/mol. The predicted octanol–water partition coefficient (Wildman–Crippen LogP) is 4.11. The number of alkyl halides is 3. The zero-order valence-electron chi connectivity index (χ0n) is 12.5. The van der Waals surface area contributed by atoms with Crippen molar-refractivity contribution in [2.45, 2.75) is 12.6 Å². The minimum atomic E-state index is -4.11. The minimum absolute atomic E-state index is 0.237. The molecule has 0 radical (unpaired) electrons. The Hall–Kier alpha value is -1.60.